The Bertz CT molecular complexity index is 608. The van der Waals surface area contributed by atoms with Crippen molar-refractivity contribution in [3.8, 4) is 5.69 Å². The van der Waals surface area contributed by atoms with Crippen LogP contribution in [-0.2, 0) is 11.3 Å². The molecule has 1 aromatic carbocycles. The summed E-state index contributed by atoms with van der Waals surface area (Å²) in [7, 11) is 0. The number of para-hydroxylation sites is 1. The van der Waals surface area contributed by atoms with Gasteiger partial charge in [-0.25, -0.2) is 4.68 Å². The van der Waals surface area contributed by atoms with Crippen molar-refractivity contribution in [2.45, 2.75) is 25.9 Å². The van der Waals surface area contributed by atoms with E-state index in [4.69, 9.17) is 0 Å². The van der Waals surface area contributed by atoms with Crippen molar-refractivity contribution < 1.29 is 4.79 Å². The van der Waals surface area contributed by atoms with Crippen molar-refractivity contribution >= 4 is 5.91 Å². The summed E-state index contributed by atoms with van der Waals surface area (Å²) < 4.78 is 1.82. The first kappa shape index (κ1) is 13.8. The van der Waals surface area contributed by atoms with E-state index in [2.05, 4.69) is 22.7 Å². The second-order valence-electron chi connectivity index (χ2n) is 5.44. The fourth-order valence-corrected chi connectivity index (χ4v) is 2.83. The van der Waals surface area contributed by atoms with Gasteiger partial charge in [0.2, 0.25) is 5.91 Å². The minimum Gasteiger partial charge on any atom is -0.352 e. The number of amides is 1. The standard InChI is InChI=1S/C16H20N4O/c1-12-14(7-9-17-12)16(21)18-11-13-5-2-3-6-15(13)20-10-4-8-19-20/h2-6,8,10,12,14,17H,7,9,11H2,1H3,(H,18,21). The maximum absolute atomic E-state index is 12.3. The molecule has 3 rings (SSSR count). The van der Waals surface area contributed by atoms with Gasteiger partial charge >= 0.3 is 0 Å². The monoisotopic (exact) mass is 284 g/mol. The summed E-state index contributed by atoms with van der Waals surface area (Å²) in [6, 6.07) is 10.1. The van der Waals surface area contributed by atoms with Crippen LogP contribution < -0.4 is 10.6 Å². The van der Waals surface area contributed by atoms with E-state index in [9.17, 15) is 4.79 Å². The van der Waals surface area contributed by atoms with Crippen LogP contribution in [0.4, 0.5) is 0 Å². The van der Waals surface area contributed by atoms with Crippen molar-refractivity contribution in [1.29, 1.82) is 0 Å². The third kappa shape index (κ3) is 2.97. The van der Waals surface area contributed by atoms with Gasteiger partial charge in [0, 0.05) is 25.0 Å². The van der Waals surface area contributed by atoms with Crippen molar-refractivity contribution in [3.05, 3.63) is 48.3 Å². The third-order valence-corrected chi connectivity index (χ3v) is 4.06. The van der Waals surface area contributed by atoms with Gasteiger partial charge in [0.05, 0.1) is 11.6 Å². The van der Waals surface area contributed by atoms with E-state index >= 15 is 0 Å². The van der Waals surface area contributed by atoms with Crippen LogP contribution in [0.25, 0.3) is 5.69 Å². The molecule has 0 saturated carbocycles. The molecule has 2 unspecified atom stereocenters. The predicted octanol–water partition coefficient (Wildman–Crippen LogP) is 1.49. The highest BCUT2D eigenvalue weighted by molar-refractivity contribution is 5.79. The summed E-state index contributed by atoms with van der Waals surface area (Å²) in [6.07, 6.45) is 4.57. The minimum atomic E-state index is 0.0712. The van der Waals surface area contributed by atoms with Crippen LogP contribution in [0.2, 0.25) is 0 Å². The molecule has 5 heteroatoms. The second-order valence-corrected chi connectivity index (χ2v) is 5.44. The molecule has 2 aromatic rings. The Hall–Kier alpha value is -2.14. The highest BCUT2D eigenvalue weighted by atomic mass is 16.1. The van der Waals surface area contributed by atoms with Gasteiger partial charge in [-0.1, -0.05) is 18.2 Å². The Labute approximate surface area is 124 Å². The van der Waals surface area contributed by atoms with Gasteiger partial charge in [0.1, 0.15) is 0 Å². The number of nitrogens with one attached hydrogen (secondary N) is 2. The molecular formula is C16H20N4O. The van der Waals surface area contributed by atoms with Crippen LogP contribution >= 0.6 is 0 Å². The Morgan fingerprint density at radius 3 is 3.00 bits per heavy atom. The molecule has 0 spiro atoms. The smallest absolute Gasteiger partial charge is 0.224 e. The second kappa shape index (κ2) is 6.10. The van der Waals surface area contributed by atoms with Gasteiger partial charge in [-0.15, -0.1) is 0 Å². The topological polar surface area (TPSA) is 59.0 Å². The Morgan fingerprint density at radius 1 is 1.43 bits per heavy atom. The van der Waals surface area contributed by atoms with Gasteiger partial charge in [0.15, 0.2) is 0 Å². The quantitative estimate of drug-likeness (QED) is 0.894. The van der Waals surface area contributed by atoms with Crippen molar-refractivity contribution in [2.75, 3.05) is 6.54 Å². The van der Waals surface area contributed by atoms with Crippen LogP contribution in [0.5, 0.6) is 0 Å². The number of nitrogens with zero attached hydrogens (tertiary/aromatic N) is 2. The summed E-state index contributed by atoms with van der Waals surface area (Å²) in [6.45, 7) is 3.51. The molecule has 1 amide bonds. The molecule has 1 saturated heterocycles. The Morgan fingerprint density at radius 2 is 2.29 bits per heavy atom. The van der Waals surface area contributed by atoms with Gasteiger partial charge in [-0.3, -0.25) is 4.79 Å². The van der Waals surface area contributed by atoms with Crippen molar-refractivity contribution in [1.82, 2.24) is 20.4 Å². The zero-order valence-corrected chi connectivity index (χ0v) is 12.1. The maximum atomic E-state index is 12.3. The van der Waals surface area contributed by atoms with Gasteiger partial charge < -0.3 is 10.6 Å². The first-order valence-electron chi connectivity index (χ1n) is 7.35. The van der Waals surface area contributed by atoms with Crippen LogP contribution in [0.15, 0.2) is 42.7 Å². The number of hydrogen-bond donors (Lipinski definition) is 2. The highest BCUT2D eigenvalue weighted by Crippen LogP contribution is 2.17. The molecule has 1 aliphatic heterocycles. The number of rotatable bonds is 4. The molecular weight excluding hydrogens is 264 g/mol. The molecule has 0 bridgehead atoms. The fraction of sp³-hybridized carbons (Fsp3) is 0.375. The molecule has 5 nitrogen and oxygen atoms in total. The molecule has 2 atom stereocenters. The van der Waals surface area contributed by atoms with Gasteiger partial charge in [-0.2, -0.15) is 5.10 Å². The number of carbonyl (C=O) groups is 1. The van der Waals surface area contributed by atoms with E-state index in [1.807, 2.05) is 41.2 Å². The number of hydrogen-bond acceptors (Lipinski definition) is 3. The fourth-order valence-electron chi connectivity index (χ4n) is 2.83. The summed E-state index contributed by atoms with van der Waals surface area (Å²) in [4.78, 5) is 12.3. The van der Waals surface area contributed by atoms with E-state index in [0.29, 0.717) is 6.54 Å². The van der Waals surface area contributed by atoms with Crippen molar-refractivity contribution in [3.63, 3.8) is 0 Å². The molecule has 0 aliphatic carbocycles. The first-order valence-corrected chi connectivity index (χ1v) is 7.35. The normalized spacial score (nSPS) is 21.4. The van der Waals surface area contributed by atoms with Crippen LogP contribution in [0, 0.1) is 5.92 Å². The lowest BCUT2D eigenvalue weighted by Gasteiger charge is -2.16. The Kier molecular flexibility index (Phi) is 4.01. The molecule has 1 aliphatic rings. The first-order chi connectivity index (χ1) is 10.3. The van der Waals surface area contributed by atoms with E-state index in [1.54, 1.807) is 6.20 Å². The average molecular weight is 284 g/mol. The molecule has 1 aromatic heterocycles. The van der Waals surface area contributed by atoms with Crippen molar-refractivity contribution in [2.24, 2.45) is 5.92 Å². The van der Waals surface area contributed by atoms with E-state index < -0.39 is 0 Å². The molecule has 2 heterocycles. The summed E-state index contributed by atoms with van der Waals surface area (Å²) in [5, 5.41) is 10.6. The molecule has 2 N–H and O–H groups in total. The lowest BCUT2D eigenvalue weighted by molar-refractivity contribution is -0.125. The maximum Gasteiger partial charge on any atom is 0.224 e. The summed E-state index contributed by atoms with van der Waals surface area (Å²) >= 11 is 0. The lowest BCUT2D eigenvalue weighted by atomic mass is 10.0. The SMILES string of the molecule is CC1NCCC1C(=O)NCc1ccccc1-n1cccn1. The largest absolute Gasteiger partial charge is 0.352 e. The highest BCUT2D eigenvalue weighted by Gasteiger charge is 2.29. The number of aromatic nitrogens is 2. The van der Waals surface area contributed by atoms with E-state index in [1.165, 1.54) is 0 Å². The minimum absolute atomic E-state index is 0.0712. The third-order valence-electron chi connectivity index (χ3n) is 4.06. The summed E-state index contributed by atoms with van der Waals surface area (Å²) in [5.74, 6) is 0.199. The molecule has 1 fully saturated rings. The zero-order valence-electron chi connectivity index (χ0n) is 12.1. The van der Waals surface area contributed by atoms with E-state index in [0.717, 1.165) is 24.2 Å². The summed E-state index contributed by atoms with van der Waals surface area (Å²) in [5.41, 5.74) is 2.06. The number of benzene rings is 1. The van der Waals surface area contributed by atoms with Gasteiger partial charge in [0.25, 0.3) is 0 Å². The van der Waals surface area contributed by atoms with Crippen LogP contribution in [0.3, 0.4) is 0 Å². The van der Waals surface area contributed by atoms with Crippen LogP contribution in [-0.4, -0.2) is 28.3 Å². The van der Waals surface area contributed by atoms with Crippen LogP contribution in [0.1, 0.15) is 18.9 Å². The molecule has 110 valence electrons. The number of carbonyl (C=O) groups excluding carboxylic acids is 1. The molecule has 21 heavy (non-hydrogen) atoms. The predicted molar refractivity (Wildman–Crippen MR) is 81.0 cm³/mol. The zero-order chi connectivity index (χ0) is 14.7. The lowest BCUT2D eigenvalue weighted by Crippen LogP contribution is -2.36. The Balaban J connectivity index is 1.70. The molecule has 0 radical (unpaired) electrons. The van der Waals surface area contributed by atoms with Gasteiger partial charge in [-0.05, 0) is 37.6 Å². The average Bonchev–Trinajstić information content (AvgIpc) is 3.16. The van der Waals surface area contributed by atoms with E-state index in [-0.39, 0.29) is 17.9 Å².